The fourth-order valence-electron chi connectivity index (χ4n) is 3.59. The average molecular weight is 291 g/mol. The molecule has 3 rings (SSSR count). The van der Waals surface area contributed by atoms with Gasteiger partial charge >= 0.3 is 5.97 Å². The molecule has 2 aliphatic carbocycles. The largest absolute Gasteiger partial charge is 0.465 e. The zero-order chi connectivity index (χ0) is 14.9. The normalized spacial score (nSPS) is 21.8. The highest BCUT2D eigenvalue weighted by Crippen LogP contribution is 2.44. The van der Waals surface area contributed by atoms with Crippen LogP contribution in [-0.2, 0) is 14.9 Å². The number of carbonyl (C=O) groups excluding carboxylic acids is 1. The van der Waals surface area contributed by atoms with Crippen LogP contribution in [0.3, 0.4) is 0 Å². The molecule has 0 N–H and O–H groups in total. The summed E-state index contributed by atoms with van der Waals surface area (Å²) in [7, 11) is 0. The zero-order valence-corrected chi connectivity index (χ0v) is 13.1. The van der Waals surface area contributed by atoms with Gasteiger partial charge in [-0.05, 0) is 39.5 Å². The van der Waals surface area contributed by atoms with E-state index in [2.05, 4.69) is 14.8 Å². The molecule has 0 unspecified atom stereocenters. The van der Waals surface area contributed by atoms with Crippen molar-refractivity contribution >= 4 is 5.97 Å². The predicted octanol–water partition coefficient (Wildman–Crippen LogP) is 3.08. The van der Waals surface area contributed by atoms with Crippen LogP contribution in [-0.4, -0.2) is 27.3 Å². The highest BCUT2D eigenvalue weighted by atomic mass is 16.5. The summed E-state index contributed by atoms with van der Waals surface area (Å²) in [5, 5.41) is 8.71. The van der Waals surface area contributed by atoms with Gasteiger partial charge in [0.15, 0.2) is 5.82 Å². The molecule has 0 bridgehead atoms. The van der Waals surface area contributed by atoms with E-state index in [1.54, 1.807) is 0 Å². The summed E-state index contributed by atoms with van der Waals surface area (Å²) in [5.74, 6) is 1.70. The maximum absolute atomic E-state index is 12.8. The van der Waals surface area contributed by atoms with E-state index < -0.39 is 5.41 Å². The summed E-state index contributed by atoms with van der Waals surface area (Å²) in [4.78, 5) is 12.8. The molecule has 21 heavy (non-hydrogen) atoms. The Morgan fingerprint density at radius 1 is 1.24 bits per heavy atom. The van der Waals surface area contributed by atoms with E-state index in [-0.39, 0.29) is 5.97 Å². The fraction of sp³-hybridized carbons (Fsp3) is 0.812. The van der Waals surface area contributed by atoms with Crippen molar-refractivity contribution in [1.82, 2.24) is 14.8 Å². The Morgan fingerprint density at radius 2 is 1.90 bits per heavy atom. The average Bonchev–Trinajstić information content (AvgIpc) is 3.26. The van der Waals surface area contributed by atoms with Crippen molar-refractivity contribution in [2.45, 2.75) is 76.7 Å². The van der Waals surface area contributed by atoms with Crippen molar-refractivity contribution in [3.63, 3.8) is 0 Å². The quantitative estimate of drug-likeness (QED) is 0.632. The second-order valence-electron chi connectivity index (χ2n) is 6.39. The van der Waals surface area contributed by atoms with Gasteiger partial charge in [-0.25, -0.2) is 0 Å². The molecule has 0 radical (unpaired) electrons. The topological polar surface area (TPSA) is 57.0 Å². The van der Waals surface area contributed by atoms with E-state index in [0.717, 1.165) is 37.3 Å². The Balaban J connectivity index is 2.03. The van der Waals surface area contributed by atoms with Crippen molar-refractivity contribution in [2.24, 2.45) is 0 Å². The first kappa shape index (κ1) is 14.5. The summed E-state index contributed by atoms with van der Waals surface area (Å²) in [6, 6.07) is 0.490. The van der Waals surface area contributed by atoms with Crippen molar-refractivity contribution in [3.05, 3.63) is 11.6 Å². The van der Waals surface area contributed by atoms with Crippen LogP contribution in [0, 0.1) is 6.92 Å². The Hall–Kier alpha value is -1.39. The van der Waals surface area contributed by atoms with Crippen LogP contribution in [0.2, 0.25) is 0 Å². The number of aromatic nitrogens is 3. The van der Waals surface area contributed by atoms with Crippen LogP contribution in [0.1, 0.15) is 76.0 Å². The maximum Gasteiger partial charge on any atom is 0.319 e. The van der Waals surface area contributed by atoms with Gasteiger partial charge in [-0.15, -0.1) is 10.2 Å². The van der Waals surface area contributed by atoms with Crippen LogP contribution in [0.4, 0.5) is 0 Å². The van der Waals surface area contributed by atoms with E-state index in [9.17, 15) is 4.79 Å². The van der Waals surface area contributed by atoms with Crippen molar-refractivity contribution in [2.75, 3.05) is 6.61 Å². The number of hydrogen-bond donors (Lipinski definition) is 0. The Morgan fingerprint density at radius 3 is 2.48 bits per heavy atom. The third kappa shape index (κ3) is 2.58. The molecule has 0 aliphatic heterocycles. The van der Waals surface area contributed by atoms with Crippen LogP contribution in [0.25, 0.3) is 0 Å². The first-order chi connectivity index (χ1) is 10.2. The van der Waals surface area contributed by atoms with Crippen LogP contribution in [0.5, 0.6) is 0 Å². The molecule has 5 nitrogen and oxygen atoms in total. The van der Waals surface area contributed by atoms with Crippen molar-refractivity contribution < 1.29 is 9.53 Å². The molecule has 0 saturated heterocycles. The Kier molecular flexibility index (Phi) is 4.00. The molecule has 5 heteroatoms. The molecule has 2 aliphatic rings. The van der Waals surface area contributed by atoms with E-state index in [1.807, 2.05) is 13.8 Å². The number of rotatable bonds is 4. The molecule has 0 amide bonds. The number of esters is 1. The fourth-order valence-corrected chi connectivity index (χ4v) is 3.59. The monoisotopic (exact) mass is 291 g/mol. The Labute approximate surface area is 126 Å². The second-order valence-corrected chi connectivity index (χ2v) is 6.39. The van der Waals surface area contributed by atoms with E-state index in [4.69, 9.17) is 4.74 Å². The van der Waals surface area contributed by atoms with Gasteiger partial charge in [-0.3, -0.25) is 4.79 Å². The first-order valence-electron chi connectivity index (χ1n) is 8.28. The van der Waals surface area contributed by atoms with Gasteiger partial charge in [0.25, 0.3) is 0 Å². The Bertz CT molecular complexity index is 512. The predicted molar refractivity (Wildman–Crippen MR) is 79.0 cm³/mol. The van der Waals surface area contributed by atoms with Gasteiger partial charge in [-0.2, -0.15) is 0 Å². The molecule has 0 atom stereocenters. The standard InChI is InChI=1S/C16H25N3O2/c1-3-21-15(20)16(10-6-4-5-7-11-16)14-18-17-12(2)19(14)13-8-9-13/h13H,3-11H2,1-2H3. The minimum Gasteiger partial charge on any atom is -0.465 e. The molecule has 2 saturated carbocycles. The van der Waals surface area contributed by atoms with Crippen LogP contribution >= 0.6 is 0 Å². The minimum atomic E-state index is -0.573. The molecule has 1 heterocycles. The lowest BCUT2D eigenvalue weighted by atomic mass is 9.79. The third-order valence-corrected chi connectivity index (χ3v) is 4.83. The lowest BCUT2D eigenvalue weighted by molar-refractivity contribution is -0.151. The SMILES string of the molecule is CCOC(=O)C1(c2nnc(C)n2C2CC2)CCCCCC1. The minimum absolute atomic E-state index is 0.0961. The van der Waals surface area contributed by atoms with Gasteiger partial charge in [0.05, 0.1) is 6.61 Å². The van der Waals surface area contributed by atoms with Gasteiger partial charge in [0, 0.05) is 6.04 Å². The second kappa shape index (κ2) is 5.78. The van der Waals surface area contributed by atoms with Gasteiger partial charge < -0.3 is 9.30 Å². The molecule has 0 aromatic carbocycles. The molecule has 1 aromatic rings. The number of aryl methyl sites for hydroxylation is 1. The van der Waals surface area contributed by atoms with Crippen molar-refractivity contribution in [3.8, 4) is 0 Å². The first-order valence-corrected chi connectivity index (χ1v) is 8.28. The van der Waals surface area contributed by atoms with Gasteiger partial charge in [-0.1, -0.05) is 25.7 Å². The smallest absolute Gasteiger partial charge is 0.319 e. The van der Waals surface area contributed by atoms with E-state index in [0.29, 0.717) is 12.6 Å². The molecule has 0 spiro atoms. The molecule has 1 aromatic heterocycles. The summed E-state index contributed by atoms with van der Waals surface area (Å²) in [6.45, 7) is 4.29. The van der Waals surface area contributed by atoms with Crippen LogP contribution < -0.4 is 0 Å². The highest BCUT2D eigenvalue weighted by Gasteiger charge is 2.47. The zero-order valence-electron chi connectivity index (χ0n) is 13.1. The summed E-state index contributed by atoms with van der Waals surface area (Å²) < 4.78 is 7.65. The van der Waals surface area contributed by atoms with E-state index in [1.165, 1.54) is 25.7 Å². The van der Waals surface area contributed by atoms with Gasteiger partial charge in [0.2, 0.25) is 0 Å². The summed E-state index contributed by atoms with van der Waals surface area (Å²) >= 11 is 0. The number of nitrogens with zero attached hydrogens (tertiary/aromatic N) is 3. The lowest BCUT2D eigenvalue weighted by Crippen LogP contribution is -2.40. The van der Waals surface area contributed by atoms with Gasteiger partial charge in [0.1, 0.15) is 11.2 Å². The lowest BCUT2D eigenvalue weighted by Gasteiger charge is -2.30. The number of hydrogen-bond acceptors (Lipinski definition) is 4. The summed E-state index contributed by atoms with van der Waals surface area (Å²) in [5.41, 5.74) is -0.573. The summed E-state index contributed by atoms with van der Waals surface area (Å²) in [6.07, 6.45) is 8.54. The highest BCUT2D eigenvalue weighted by molar-refractivity contribution is 5.82. The van der Waals surface area contributed by atoms with E-state index >= 15 is 0 Å². The third-order valence-electron chi connectivity index (χ3n) is 4.83. The maximum atomic E-state index is 12.8. The number of ether oxygens (including phenoxy) is 1. The molecular weight excluding hydrogens is 266 g/mol. The molecular formula is C16H25N3O2. The molecule has 2 fully saturated rings. The molecule has 116 valence electrons. The number of carbonyl (C=O) groups is 1. The van der Waals surface area contributed by atoms with Crippen LogP contribution in [0.15, 0.2) is 0 Å². The van der Waals surface area contributed by atoms with Crippen molar-refractivity contribution in [1.29, 1.82) is 0 Å².